The molecule has 1 amide bonds. The summed E-state index contributed by atoms with van der Waals surface area (Å²) in [5.41, 5.74) is 1.73. The van der Waals surface area contributed by atoms with Gasteiger partial charge < -0.3 is 15.4 Å². The highest BCUT2D eigenvalue weighted by Crippen LogP contribution is 2.16. The van der Waals surface area contributed by atoms with Crippen LogP contribution in [0.5, 0.6) is 5.75 Å². The topological polar surface area (TPSA) is 50.4 Å². The van der Waals surface area contributed by atoms with E-state index in [1.165, 1.54) is 0 Å². The molecule has 0 saturated heterocycles. The Morgan fingerprint density at radius 1 is 0.815 bits per heavy atom. The van der Waals surface area contributed by atoms with Gasteiger partial charge in [0, 0.05) is 5.69 Å². The van der Waals surface area contributed by atoms with Crippen LogP contribution in [-0.2, 0) is 4.79 Å². The molecule has 3 aromatic carbocycles. The summed E-state index contributed by atoms with van der Waals surface area (Å²) in [6, 6.07) is 28.6. The summed E-state index contributed by atoms with van der Waals surface area (Å²) in [6.07, 6.45) is 0.802. The zero-order chi connectivity index (χ0) is 18.7. The van der Waals surface area contributed by atoms with Crippen molar-refractivity contribution in [2.24, 2.45) is 0 Å². The molecule has 2 N–H and O–H groups in total. The summed E-state index contributed by atoms with van der Waals surface area (Å²) in [6.45, 7) is 1.27. The van der Waals surface area contributed by atoms with Crippen molar-refractivity contribution in [3.05, 3.63) is 96.6 Å². The van der Waals surface area contributed by atoms with Crippen molar-refractivity contribution in [2.45, 2.75) is 12.5 Å². The minimum Gasteiger partial charge on any atom is -0.494 e. The first-order chi connectivity index (χ1) is 13.3. The molecule has 0 heterocycles. The number of hydrogen-bond donors (Lipinski definition) is 2. The molecular formula is C23H24N2O2. The monoisotopic (exact) mass is 360 g/mol. The van der Waals surface area contributed by atoms with Gasteiger partial charge in [-0.1, -0.05) is 66.7 Å². The van der Waals surface area contributed by atoms with Gasteiger partial charge >= 0.3 is 0 Å². The Balaban J connectivity index is 1.55. The molecule has 0 aliphatic rings. The van der Waals surface area contributed by atoms with Crippen LogP contribution in [-0.4, -0.2) is 19.1 Å². The van der Waals surface area contributed by atoms with Crippen LogP contribution in [0.2, 0.25) is 0 Å². The van der Waals surface area contributed by atoms with E-state index in [2.05, 4.69) is 10.6 Å². The fourth-order valence-corrected chi connectivity index (χ4v) is 2.77. The standard InChI is InChI=1S/C23H24N2O2/c26-23(25-20-13-6-2-7-14-20)22(19-11-4-1-5-12-19)24-17-10-18-27-21-15-8-3-9-16-21/h1-9,11-16,22,24H,10,17-18H2,(H,25,26). The van der Waals surface area contributed by atoms with Gasteiger partial charge in [-0.05, 0) is 42.8 Å². The second kappa shape index (κ2) is 10.1. The van der Waals surface area contributed by atoms with E-state index in [4.69, 9.17) is 4.74 Å². The van der Waals surface area contributed by atoms with Crippen molar-refractivity contribution in [3.8, 4) is 5.75 Å². The average molecular weight is 360 g/mol. The van der Waals surface area contributed by atoms with Crippen molar-refractivity contribution in [1.29, 1.82) is 0 Å². The summed E-state index contributed by atoms with van der Waals surface area (Å²) in [5.74, 6) is 0.787. The van der Waals surface area contributed by atoms with Crippen LogP contribution in [0.4, 0.5) is 5.69 Å². The maximum absolute atomic E-state index is 12.8. The van der Waals surface area contributed by atoms with E-state index in [0.717, 1.165) is 23.4 Å². The van der Waals surface area contributed by atoms with E-state index in [1.54, 1.807) is 0 Å². The maximum atomic E-state index is 12.8. The fourth-order valence-electron chi connectivity index (χ4n) is 2.77. The van der Waals surface area contributed by atoms with Crippen LogP contribution < -0.4 is 15.4 Å². The molecule has 1 unspecified atom stereocenters. The Hall–Kier alpha value is -3.11. The lowest BCUT2D eigenvalue weighted by atomic mass is 10.1. The number of amides is 1. The lowest BCUT2D eigenvalue weighted by molar-refractivity contribution is -0.118. The molecule has 0 bridgehead atoms. The van der Waals surface area contributed by atoms with Crippen LogP contribution in [0, 0.1) is 0 Å². The van der Waals surface area contributed by atoms with Crippen molar-refractivity contribution in [2.75, 3.05) is 18.5 Å². The van der Waals surface area contributed by atoms with E-state index in [1.807, 2.05) is 91.0 Å². The number of ether oxygens (including phenoxy) is 1. The molecule has 0 saturated carbocycles. The number of para-hydroxylation sites is 2. The average Bonchev–Trinajstić information content (AvgIpc) is 2.73. The van der Waals surface area contributed by atoms with Crippen LogP contribution in [0.25, 0.3) is 0 Å². The van der Waals surface area contributed by atoms with Gasteiger partial charge in [-0.3, -0.25) is 4.79 Å². The highest BCUT2D eigenvalue weighted by molar-refractivity contribution is 5.95. The van der Waals surface area contributed by atoms with Crippen molar-refractivity contribution < 1.29 is 9.53 Å². The molecule has 0 fully saturated rings. The lowest BCUT2D eigenvalue weighted by Gasteiger charge is -2.19. The SMILES string of the molecule is O=C(Nc1ccccc1)C(NCCCOc1ccccc1)c1ccccc1. The van der Waals surface area contributed by atoms with Gasteiger partial charge in [0.2, 0.25) is 5.91 Å². The van der Waals surface area contributed by atoms with E-state index in [-0.39, 0.29) is 5.91 Å². The minimum absolute atomic E-state index is 0.0728. The zero-order valence-corrected chi connectivity index (χ0v) is 15.2. The molecule has 4 nitrogen and oxygen atoms in total. The summed E-state index contributed by atoms with van der Waals surface area (Å²) in [4.78, 5) is 12.8. The third-order valence-corrected chi connectivity index (χ3v) is 4.12. The Bertz CT molecular complexity index is 808. The van der Waals surface area contributed by atoms with Gasteiger partial charge in [0.05, 0.1) is 6.61 Å². The van der Waals surface area contributed by atoms with Gasteiger partial charge in [0.15, 0.2) is 0 Å². The highest BCUT2D eigenvalue weighted by Gasteiger charge is 2.19. The van der Waals surface area contributed by atoms with E-state index >= 15 is 0 Å². The second-order valence-electron chi connectivity index (χ2n) is 6.17. The number of anilines is 1. The quantitative estimate of drug-likeness (QED) is 0.555. The number of benzene rings is 3. The van der Waals surface area contributed by atoms with Crippen LogP contribution in [0.15, 0.2) is 91.0 Å². The van der Waals surface area contributed by atoms with Gasteiger partial charge in [-0.25, -0.2) is 0 Å². The Kier molecular flexibility index (Phi) is 7.01. The third kappa shape index (κ3) is 5.97. The second-order valence-corrected chi connectivity index (χ2v) is 6.17. The van der Waals surface area contributed by atoms with Crippen LogP contribution in [0.3, 0.4) is 0 Å². The molecule has 4 heteroatoms. The minimum atomic E-state index is -0.414. The molecule has 138 valence electrons. The molecule has 27 heavy (non-hydrogen) atoms. The molecule has 0 aliphatic heterocycles. The van der Waals surface area contributed by atoms with Gasteiger partial charge in [-0.15, -0.1) is 0 Å². The summed E-state index contributed by atoms with van der Waals surface area (Å²) >= 11 is 0. The third-order valence-electron chi connectivity index (χ3n) is 4.12. The number of nitrogens with one attached hydrogen (secondary N) is 2. The molecule has 0 aromatic heterocycles. The van der Waals surface area contributed by atoms with Gasteiger partial charge in [0.25, 0.3) is 0 Å². The Labute approximate surface area is 160 Å². The molecule has 0 spiro atoms. The molecular weight excluding hydrogens is 336 g/mol. The molecule has 0 radical (unpaired) electrons. The first-order valence-corrected chi connectivity index (χ1v) is 9.15. The molecule has 3 rings (SSSR count). The fraction of sp³-hybridized carbons (Fsp3) is 0.174. The summed E-state index contributed by atoms with van der Waals surface area (Å²) in [5, 5.41) is 6.32. The zero-order valence-electron chi connectivity index (χ0n) is 15.2. The molecule has 1 atom stereocenters. The Morgan fingerprint density at radius 3 is 2.07 bits per heavy atom. The number of rotatable bonds is 9. The predicted octanol–water partition coefficient (Wildman–Crippen LogP) is 4.43. The van der Waals surface area contributed by atoms with Gasteiger partial charge in [0.1, 0.15) is 11.8 Å². The highest BCUT2D eigenvalue weighted by atomic mass is 16.5. The van der Waals surface area contributed by atoms with E-state index < -0.39 is 6.04 Å². The molecule has 3 aromatic rings. The normalized spacial score (nSPS) is 11.6. The first-order valence-electron chi connectivity index (χ1n) is 9.15. The summed E-state index contributed by atoms with van der Waals surface area (Å²) < 4.78 is 5.71. The Morgan fingerprint density at radius 2 is 1.41 bits per heavy atom. The number of carbonyl (C=O) groups excluding carboxylic acids is 1. The van der Waals surface area contributed by atoms with Crippen molar-refractivity contribution in [3.63, 3.8) is 0 Å². The van der Waals surface area contributed by atoms with Crippen LogP contribution in [0.1, 0.15) is 18.0 Å². The van der Waals surface area contributed by atoms with Crippen molar-refractivity contribution in [1.82, 2.24) is 5.32 Å². The smallest absolute Gasteiger partial charge is 0.246 e. The number of carbonyl (C=O) groups is 1. The summed E-state index contributed by atoms with van der Waals surface area (Å²) in [7, 11) is 0. The first kappa shape index (κ1) is 18.7. The van der Waals surface area contributed by atoms with E-state index in [0.29, 0.717) is 13.2 Å². The predicted molar refractivity (Wildman–Crippen MR) is 109 cm³/mol. The van der Waals surface area contributed by atoms with Gasteiger partial charge in [-0.2, -0.15) is 0 Å². The maximum Gasteiger partial charge on any atom is 0.246 e. The van der Waals surface area contributed by atoms with Crippen LogP contribution >= 0.6 is 0 Å². The molecule has 0 aliphatic carbocycles. The largest absolute Gasteiger partial charge is 0.494 e. The van der Waals surface area contributed by atoms with E-state index in [9.17, 15) is 4.79 Å². The number of hydrogen-bond acceptors (Lipinski definition) is 3. The van der Waals surface area contributed by atoms with Crippen molar-refractivity contribution >= 4 is 11.6 Å². The lowest BCUT2D eigenvalue weighted by Crippen LogP contribution is -2.34.